The van der Waals surface area contributed by atoms with Crippen molar-refractivity contribution in [3.8, 4) is 17.2 Å². The van der Waals surface area contributed by atoms with Gasteiger partial charge >= 0.3 is 0 Å². The molecule has 0 fully saturated rings. The number of fused-ring (bicyclic) bond motifs is 1. The largest absolute Gasteiger partial charge is 0.497 e. The molecule has 2 aromatic rings. The molecular weight excluding hydrogens is 504 g/mol. The van der Waals surface area contributed by atoms with Crippen LogP contribution < -0.4 is 24.8 Å². The normalized spacial score (nSPS) is 16.9. The number of likely N-dealkylation sites (N-methyl/N-ethyl adjacent to an activating group) is 2. The van der Waals surface area contributed by atoms with Gasteiger partial charge in [-0.05, 0) is 49.7 Å². The lowest BCUT2D eigenvalue weighted by Gasteiger charge is -2.27. The highest BCUT2D eigenvalue weighted by molar-refractivity contribution is 6.00. The second-order valence-electron chi connectivity index (χ2n) is 8.97. The number of para-hydroxylation sites is 1. The molecule has 1 aliphatic heterocycles. The number of rotatable bonds is 8. The van der Waals surface area contributed by atoms with Crippen LogP contribution in [0.25, 0.3) is 0 Å². The third-order valence-electron chi connectivity index (χ3n) is 6.23. The molecule has 0 saturated carbocycles. The minimum atomic E-state index is -1.15. The number of hydrogen-bond acceptors (Lipinski definition) is 7. The summed E-state index contributed by atoms with van der Waals surface area (Å²) in [6.45, 7) is 3.24. The highest BCUT2D eigenvalue weighted by atomic mass is 16.5. The van der Waals surface area contributed by atoms with Crippen LogP contribution in [0.5, 0.6) is 17.2 Å². The highest BCUT2D eigenvalue weighted by Gasteiger charge is 2.28. The van der Waals surface area contributed by atoms with Crippen LogP contribution in [0.15, 0.2) is 48.5 Å². The number of hydrogen-bond donors (Lipinski definition) is 2. The summed E-state index contributed by atoms with van der Waals surface area (Å²) >= 11 is 0. The quantitative estimate of drug-likeness (QED) is 0.486. The van der Waals surface area contributed by atoms with Crippen molar-refractivity contribution in [2.24, 2.45) is 0 Å². The molecule has 4 amide bonds. The van der Waals surface area contributed by atoms with Gasteiger partial charge in [-0.15, -0.1) is 0 Å². The molecule has 0 spiro atoms. The molecule has 0 aromatic heterocycles. The van der Waals surface area contributed by atoms with Crippen LogP contribution in [0, 0.1) is 0 Å². The van der Waals surface area contributed by atoms with Gasteiger partial charge in [-0.1, -0.05) is 12.1 Å². The molecule has 2 aromatic carbocycles. The lowest BCUT2D eigenvalue weighted by atomic mass is 10.1. The van der Waals surface area contributed by atoms with E-state index in [2.05, 4.69) is 10.6 Å². The Hall–Kier alpha value is -4.28. The van der Waals surface area contributed by atoms with Gasteiger partial charge in [0, 0.05) is 20.1 Å². The number of benzene rings is 2. The Balaban J connectivity index is 1.66. The Kier molecular flexibility index (Phi) is 11.0. The maximum atomic E-state index is 13.1. The van der Waals surface area contributed by atoms with E-state index in [1.54, 1.807) is 60.5 Å². The summed E-state index contributed by atoms with van der Waals surface area (Å²) in [7, 11) is 3.09. The maximum Gasteiger partial charge on any atom is 0.255 e. The number of nitrogens with one attached hydrogen (secondary N) is 2. The molecule has 1 atom stereocenters. The van der Waals surface area contributed by atoms with Crippen molar-refractivity contribution in [1.29, 1.82) is 0 Å². The van der Waals surface area contributed by atoms with E-state index in [4.69, 9.17) is 14.2 Å². The molecule has 11 heteroatoms. The van der Waals surface area contributed by atoms with Gasteiger partial charge in [-0.2, -0.15) is 0 Å². The molecule has 3 rings (SSSR count). The van der Waals surface area contributed by atoms with Gasteiger partial charge in [-0.25, -0.2) is 0 Å². The van der Waals surface area contributed by atoms with Crippen LogP contribution in [-0.4, -0.2) is 93.0 Å². The minimum absolute atomic E-state index is 0.145. The molecule has 0 unspecified atom stereocenters. The van der Waals surface area contributed by atoms with E-state index in [-0.39, 0.29) is 37.6 Å². The first-order valence-corrected chi connectivity index (χ1v) is 12.9. The van der Waals surface area contributed by atoms with Gasteiger partial charge in [-0.3, -0.25) is 19.2 Å². The second kappa shape index (κ2) is 14.6. The fraction of sp³-hybridized carbons (Fsp3) is 0.429. The number of methoxy groups -OCH3 is 1. The molecule has 11 nitrogen and oxygen atoms in total. The predicted octanol–water partition coefficient (Wildman–Crippen LogP) is 1.47. The summed E-state index contributed by atoms with van der Waals surface area (Å²) in [5.41, 5.74) is 0.232. The standard InChI is InChI=1S/C28H36N4O7/c1-4-32-15-17-39-24-9-6-5-8-22(24)27(35)30-23(18-25(33)31(2)19-26(32)34)28(36)29-14-7-16-38-21-12-10-20(37-3)11-13-21/h5-6,8-13,23H,4,7,14-19H2,1-3H3,(H,29,36)(H,30,35)/t23-/m0/s1. The smallest absolute Gasteiger partial charge is 0.255 e. The van der Waals surface area contributed by atoms with E-state index in [0.29, 0.717) is 37.6 Å². The van der Waals surface area contributed by atoms with Crippen LogP contribution in [0.2, 0.25) is 0 Å². The Labute approximate surface area is 228 Å². The Bertz CT molecular complexity index is 1140. The number of ether oxygens (including phenoxy) is 3. The van der Waals surface area contributed by atoms with Crippen molar-refractivity contribution >= 4 is 23.6 Å². The zero-order chi connectivity index (χ0) is 28.2. The fourth-order valence-electron chi connectivity index (χ4n) is 3.94. The summed E-state index contributed by atoms with van der Waals surface area (Å²) in [6.07, 6.45) is 0.198. The molecule has 0 bridgehead atoms. The first-order valence-electron chi connectivity index (χ1n) is 12.9. The van der Waals surface area contributed by atoms with E-state index in [0.717, 1.165) is 5.75 Å². The Morgan fingerprint density at radius 3 is 2.51 bits per heavy atom. The summed E-state index contributed by atoms with van der Waals surface area (Å²) in [4.78, 5) is 54.7. The average Bonchev–Trinajstić information content (AvgIpc) is 2.94. The number of nitrogens with zero attached hydrogens (tertiary/aromatic N) is 2. The highest BCUT2D eigenvalue weighted by Crippen LogP contribution is 2.19. The van der Waals surface area contributed by atoms with Gasteiger partial charge in [0.15, 0.2) is 0 Å². The van der Waals surface area contributed by atoms with E-state index in [1.807, 2.05) is 6.92 Å². The number of carbonyl (C=O) groups is 4. The van der Waals surface area contributed by atoms with E-state index in [1.165, 1.54) is 11.9 Å². The van der Waals surface area contributed by atoms with Crippen LogP contribution in [0.4, 0.5) is 0 Å². The maximum absolute atomic E-state index is 13.1. The first kappa shape index (κ1) is 29.3. The molecule has 0 saturated heterocycles. The van der Waals surface area contributed by atoms with Crippen molar-refractivity contribution in [3.05, 3.63) is 54.1 Å². The minimum Gasteiger partial charge on any atom is -0.497 e. The Morgan fingerprint density at radius 1 is 1.08 bits per heavy atom. The van der Waals surface area contributed by atoms with E-state index < -0.39 is 23.8 Å². The van der Waals surface area contributed by atoms with Crippen molar-refractivity contribution in [3.63, 3.8) is 0 Å². The monoisotopic (exact) mass is 540 g/mol. The van der Waals surface area contributed by atoms with E-state index >= 15 is 0 Å². The Morgan fingerprint density at radius 2 is 1.79 bits per heavy atom. The van der Waals surface area contributed by atoms with Crippen molar-refractivity contribution < 1.29 is 33.4 Å². The molecule has 2 N–H and O–H groups in total. The van der Waals surface area contributed by atoms with Gasteiger partial charge in [0.05, 0.1) is 38.8 Å². The summed E-state index contributed by atoms with van der Waals surface area (Å²) in [5, 5.41) is 5.44. The lowest BCUT2D eigenvalue weighted by molar-refractivity contribution is -0.140. The van der Waals surface area contributed by atoms with Crippen LogP contribution >= 0.6 is 0 Å². The van der Waals surface area contributed by atoms with Crippen LogP contribution in [0.1, 0.15) is 30.1 Å². The topological polar surface area (TPSA) is 127 Å². The predicted molar refractivity (Wildman–Crippen MR) is 144 cm³/mol. The molecule has 1 aliphatic rings. The summed E-state index contributed by atoms with van der Waals surface area (Å²) < 4.78 is 16.6. The zero-order valence-electron chi connectivity index (χ0n) is 22.6. The van der Waals surface area contributed by atoms with Crippen LogP contribution in [-0.2, 0) is 14.4 Å². The fourth-order valence-corrected chi connectivity index (χ4v) is 3.94. The zero-order valence-corrected chi connectivity index (χ0v) is 22.6. The molecule has 210 valence electrons. The van der Waals surface area contributed by atoms with E-state index in [9.17, 15) is 19.2 Å². The van der Waals surface area contributed by atoms with Crippen molar-refractivity contribution in [1.82, 2.24) is 20.4 Å². The van der Waals surface area contributed by atoms with Gasteiger partial charge in [0.25, 0.3) is 5.91 Å². The number of carbonyl (C=O) groups excluding carboxylic acids is 4. The average molecular weight is 541 g/mol. The summed E-state index contributed by atoms with van der Waals surface area (Å²) in [5.74, 6) is 0.000771. The van der Waals surface area contributed by atoms with Gasteiger partial charge < -0.3 is 34.6 Å². The molecule has 0 radical (unpaired) electrons. The molecule has 39 heavy (non-hydrogen) atoms. The SMILES string of the molecule is CCN1CCOc2ccccc2C(=O)N[C@H](C(=O)NCCCOc2ccc(OC)cc2)CC(=O)N(C)CC1=O. The molecule has 0 aliphatic carbocycles. The van der Waals surface area contributed by atoms with Crippen LogP contribution in [0.3, 0.4) is 0 Å². The second-order valence-corrected chi connectivity index (χ2v) is 8.97. The van der Waals surface area contributed by atoms with Crippen molar-refractivity contribution in [2.45, 2.75) is 25.8 Å². The number of amides is 4. The molecular formula is C28H36N4O7. The van der Waals surface area contributed by atoms with Gasteiger partial charge in [0.1, 0.15) is 29.9 Å². The van der Waals surface area contributed by atoms with Crippen molar-refractivity contribution in [2.75, 3.05) is 53.6 Å². The summed E-state index contributed by atoms with van der Waals surface area (Å²) in [6, 6.07) is 12.7. The molecule has 1 heterocycles. The first-order chi connectivity index (χ1) is 18.8. The third-order valence-corrected chi connectivity index (χ3v) is 6.23. The third kappa shape index (κ3) is 8.62. The van der Waals surface area contributed by atoms with Gasteiger partial charge in [0.2, 0.25) is 17.7 Å². The lowest BCUT2D eigenvalue weighted by Crippen LogP contribution is -2.50.